The van der Waals surface area contributed by atoms with Crippen molar-refractivity contribution in [3.05, 3.63) is 61.5 Å². The van der Waals surface area contributed by atoms with Crippen molar-refractivity contribution in [2.75, 3.05) is 11.9 Å². The zero-order valence-corrected chi connectivity index (χ0v) is 18.8. The van der Waals surface area contributed by atoms with E-state index in [9.17, 15) is 23.1 Å². The molecular formula is C20H17Cl4F3N2O2. The van der Waals surface area contributed by atoms with Crippen LogP contribution in [0.5, 0.6) is 0 Å². The van der Waals surface area contributed by atoms with Crippen LogP contribution in [-0.4, -0.2) is 23.7 Å². The second-order valence-electron chi connectivity index (χ2n) is 7.26. The monoisotopic (exact) mass is 514 g/mol. The highest BCUT2D eigenvalue weighted by Crippen LogP contribution is 2.43. The molecule has 2 aromatic carbocycles. The van der Waals surface area contributed by atoms with Gasteiger partial charge in [-0.25, -0.2) is 0 Å². The molecule has 0 aliphatic heterocycles. The molecule has 1 atom stereocenters. The summed E-state index contributed by atoms with van der Waals surface area (Å²) in [6, 6.07) is 6.34. The summed E-state index contributed by atoms with van der Waals surface area (Å²) in [5, 5.41) is 15.5. The zero-order valence-electron chi connectivity index (χ0n) is 15.8. The predicted molar refractivity (Wildman–Crippen MR) is 116 cm³/mol. The molecular weight excluding hydrogens is 499 g/mol. The number of amides is 1. The van der Waals surface area contributed by atoms with E-state index < -0.39 is 23.9 Å². The normalized spacial score (nSPS) is 16.0. The van der Waals surface area contributed by atoms with Crippen LogP contribution in [0.3, 0.4) is 0 Å². The van der Waals surface area contributed by atoms with Gasteiger partial charge in [0.25, 0.3) is 0 Å². The van der Waals surface area contributed by atoms with Gasteiger partial charge in [0.2, 0.25) is 11.5 Å². The largest absolute Gasteiger partial charge is 0.423 e. The maximum Gasteiger partial charge on any atom is 0.423 e. The number of hydrogen-bond donors (Lipinski definition) is 3. The number of anilines is 1. The van der Waals surface area contributed by atoms with Gasteiger partial charge in [0.1, 0.15) is 0 Å². The van der Waals surface area contributed by atoms with Crippen molar-refractivity contribution in [3.8, 4) is 0 Å². The number of carbonyl (C=O) groups is 1. The lowest BCUT2D eigenvalue weighted by Gasteiger charge is -2.32. The molecule has 1 saturated carbocycles. The minimum absolute atomic E-state index is 0.0474. The molecule has 2 aromatic rings. The number of alkyl halides is 3. The van der Waals surface area contributed by atoms with E-state index in [0.717, 1.165) is 25.0 Å². The molecule has 1 amide bonds. The summed E-state index contributed by atoms with van der Waals surface area (Å²) in [4.78, 5) is 11.7. The molecule has 0 radical (unpaired) electrons. The minimum Gasteiger partial charge on any atom is -0.381 e. The van der Waals surface area contributed by atoms with Gasteiger partial charge in [0.05, 0.1) is 21.6 Å². The quantitative estimate of drug-likeness (QED) is 0.385. The van der Waals surface area contributed by atoms with Gasteiger partial charge in [0, 0.05) is 23.2 Å². The number of hydrogen-bond acceptors (Lipinski definition) is 3. The molecule has 3 N–H and O–H groups in total. The fourth-order valence-corrected chi connectivity index (χ4v) is 3.71. The van der Waals surface area contributed by atoms with Crippen molar-refractivity contribution in [2.45, 2.75) is 31.2 Å². The Labute approximate surface area is 196 Å². The van der Waals surface area contributed by atoms with Crippen LogP contribution in [0, 0.1) is 5.92 Å². The van der Waals surface area contributed by atoms with Crippen LogP contribution < -0.4 is 10.6 Å². The summed E-state index contributed by atoms with van der Waals surface area (Å²) in [5.74, 6) is 0.00318. The van der Waals surface area contributed by atoms with Crippen molar-refractivity contribution in [1.82, 2.24) is 5.32 Å². The SMILES string of the molecule is O=C(NCc1ccc(NC[C@](O)(c2cc(Cl)c(Cl)c(Cl)c2)C(F)(F)F)cc1Cl)C1CC1. The zero-order chi connectivity index (χ0) is 23.0. The molecule has 1 aliphatic carbocycles. The van der Waals surface area contributed by atoms with E-state index in [0.29, 0.717) is 5.56 Å². The Morgan fingerprint density at radius 1 is 1.03 bits per heavy atom. The fourth-order valence-electron chi connectivity index (χ4n) is 2.86. The Morgan fingerprint density at radius 2 is 1.65 bits per heavy atom. The van der Waals surface area contributed by atoms with Gasteiger partial charge in [-0.15, -0.1) is 0 Å². The number of benzene rings is 2. The predicted octanol–water partition coefficient (Wildman–Crippen LogP) is 6.19. The van der Waals surface area contributed by atoms with E-state index in [-0.39, 0.29) is 44.1 Å². The highest BCUT2D eigenvalue weighted by molar-refractivity contribution is 6.48. The molecule has 0 aromatic heterocycles. The van der Waals surface area contributed by atoms with E-state index >= 15 is 0 Å². The van der Waals surface area contributed by atoms with Crippen LogP contribution >= 0.6 is 46.4 Å². The third kappa shape index (κ3) is 5.52. The molecule has 0 spiro atoms. The first-order valence-electron chi connectivity index (χ1n) is 9.16. The highest BCUT2D eigenvalue weighted by Gasteiger charge is 2.55. The average molecular weight is 516 g/mol. The first-order chi connectivity index (χ1) is 14.4. The summed E-state index contributed by atoms with van der Waals surface area (Å²) in [7, 11) is 0. The van der Waals surface area contributed by atoms with Crippen LogP contribution in [0.2, 0.25) is 20.1 Å². The Balaban J connectivity index is 1.76. The second kappa shape index (κ2) is 9.24. The van der Waals surface area contributed by atoms with E-state index in [1.54, 1.807) is 6.07 Å². The summed E-state index contributed by atoms with van der Waals surface area (Å²) >= 11 is 23.7. The van der Waals surface area contributed by atoms with E-state index in [1.807, 2.05) is 0 Å². The third-order valence-electron chi connectivity index (χ3n) is 4.93. The standard InChI is InChI=1S/C20H17Cl4F3N2O2/c21-14-7-13(4-3-11(14)8-28-18(30)10-1-2-10)29-9-19(31,20(25,26)27)12-5-15(22)17(24)16(23)6-12/h3-7,10,29,31H,1-2,8-9H2,(H,28,30)/t19-/m0/s1. The van der Waals surface area contributed by atoms with E-state index in [1.165, 1.54) is 12.1 Å². The highest BCUT2D eigenvalue weighted by atomic mass is 35.5. The van der Waals surface area contributed by atoms with Gasteiger partial charge >= 0.3 is 6.18 Å². The first-order valence-corrected chi connectivity index (χ1v) is 10.7. The Hall–Kier alpha value is -1.38. The van der Waals surface area contributed by atoms with Crippen molar-refractivity contribution in [3.63, 3.8) is 0 Å². The van der Waals surface area contributed by atoms with Crippen molar-refractivity contribution >= 4 is 58.0 Å². The minimum atomic E-state index is -5.04. The summed E-state index contributed by atoms with van der Waals surface area (Å²) in [5.41, 5.74) is -2.99. The maximum absolute atomic E-state index is 13.8. The van der Waals surface area contributed by atoms with Crippen LogP contribution in [0.15, 0.2) is 30.3 Å². The molecule has 31 heavy (non-hydrogen) atoms. The molecule has 0 unspecified atom stereocenters. The first kappa shape index (κ1) is 24.3. The van der Waals surface area contributed by atoms with Crippen LogP contribution in [0.1, 0.15) is 24.0 Å². The number of carbonyl (C=O) groups excluding carboxylic acids is 1. The number of nitrogens with one attached hydrogen (secondary N) is 2. The molecule has 1 fully saturated rings. The molecule has 0 saturated heterocycles. The van der Waals surface area contributed by atoms with Gasteiger partial charge < -0.3 is 15.7 Å². The molecule has 168 valence electrons. The Bertz CT molecular complexity index is 976. The van der Waals surface area contributed by atoms with Crippen molar-refractivity contribution in [1.29, 1.82) is 0 Å². The van der Waals surface area contributed by atoms with Crippen molar-refractivity contribution < 1.29 is 23.1 Å². The third-order valence-corrected chi connectivity index (χ3v) is 6.48. The van der Waals surface area contributed by atoms with Gasteiger partial charge in [-0.2, -0.15) is 13.2 Å². The molecule has 4 nitrogen and oxygen atoms in total. The van der Waals surface area contributed by atoms with Gasteiger partial charge in [-0.3, -0.25) is 4.79 Å². The molecule has 11 heteroatoms. The van der Waals surface area contributed by atoms with Gasteiger partial charge in [-0.05, 0) is 48.2 Å². The summed E-state index contributed by atoms with van der Waals surface area (Å²) in [6.07, 6.45) is -3.31. The smallest absolute Gasteiger partial charge is 0.381 e. The Kier molecular flexibility index (Phi) is 7.23. The summed E-state index contributed by atoms with van der Waals surface area (Å²) < 4.78 is 41.3. The van der Waals surface area contributed by atoms with Gasteiger partial charge in [0.15, 0.2) is 0 Å². The van der Waals surface area contributed by atoms with E-state index in [4.69, 9.17) is 46.4 Å². The molecule has 0 heterocycles. The number of rotatable bonds is 7. The number of aliphatic hydroxyl groups is 1. The Morgan fingerprint density at radius 3 is 2.16 bits per heavy atom. The van der Waals surface area contributed by atoms with Crippen LogP contribution in [0.4, 0.5) is 18.9 Å². The van der Waals surface area contributed by atoms with E-state index in [2.05, 4.69) is 10.6 Å². The fraction of sp³-hybridized carbons (Fsp3) is 0.350. The summed E-state index contributed by atoms with van der Waals surface area (Å²) in [6.45, 7) is -0.721. The molecule has 3 rings (SSSR count). The number of halogens is 7. The topological polar surface area (TPSA) is 61.4 Å². The lowest BCUT2D eigenvalue weighted by molar-refractivity contribution is -0.260. The molecule has 0 bridgehead atoms. The van der Waals surface area contributed by atoms with Crippen molar-refractivity contribution in [2.24, 2.45) is 5.92 Å². The van der Waals surface area contributed by atoms with Crippen LogP contribution in [-0.2, 0) is 16.9 Å². The van der Waals surface area contributed by atoms with Crippen LogP contribution in [0.25, 0.3) is 0 Å². The second-order valence-corrected chi connectivity index (χ2v) is 8.86. The average Bonchev–Trinajstić information content (AvgIpc) is 3.53. The molecule has 1 aliphatic rings. The lowest BCUT2D eigenvalue weighted by atomic mass is 9.92. The van der Waals surface area contributed by atoms with Gasteiger partial charge in [-0.1, -0.05) is 52.5 Å². The lowest BCUT2D eigenvalue weighted by Crippen LogP contribution is -2.47. The maximum atomic E-state index is 13.8.